The summed E-state index contributed by atoms with van der Waals surface area (Å²) in [6, 6.07) is 21.2. The molecular formula is C29H35FN4O4S. The predicted octanol–water partition coefficient (Wildman–Crippen LogP) is 3.52. The minimum absolute atomic E-state index is 0.0564. The third-order valence-corrected chi connectivity index (χ3v) is 8.04. The van der Waals surface area contributed by atoms with Gasteiger partial charge in [0, 0.05) is 33.6 Å². The zero-order valence-electron chi connectivity index (χ0n) is 22.7. The Morgan fingerprint density at radius 3 is 2.10 bits per heavy atom. The van der Waals surface area contributed by atoms with Crippen molar-refractivity contribution in [3.8, 4) is 0 Å². The molecule has 39 heavy (non-hydrogen) atoms. The first-order valence-electron chi connectivity index (χ1n) is 12.7. The molecule has 2 amide bonds. The van der Waals surface area contributed by atoms with E-state index in [4.69, 9.17) is 0 Å². The van der Waals surface area contributed by atoms with Crippen LogP contribution in [-0.4, -0.2) is 62.7 Å². The molecule has 3 aromatic rings. The lowest BCUT2D eigenvalue weighted by Crippen LogP contribution is -2.54. The number of nitrogens with one attached hydrogen (secondary N) is 1. The lowest BCUT2D eigenvalue weighted by Gasteiger charge is -2.34. The molecule has 208 valence electrons. The Hall–Kier alpha value is -3.76. The predicted molar refractivity (Wildman–Crippen MR) is 151 cm³/mol. The molecule has 0 aliphatic rings. The molecule has 0 saturated carbocycles. The number of likely N-dealkylation sites (N-methyl/N-ethyl adjacent to an activating group) is 1. The lowest BCUT2D eigenvalue weighted by molar-refractivity contribution is -0.140. The van der Waals surface area contributed by atoms with Crippen LogP contribution < -0.4 is 9.62 Å². The summed E-state index contributed by atoms with van der Waals surface area (Å²) >= 11 is 0. The van der Waals surface area contributed by atoms with E-state index in [-0.39, 0.29) is 24.6 Å². The molecule has 0 bridgehead atoms. The second-order valence-electron chi connectivity index (χ2n) is 9.36. The maximum atomic E-state index is 14.8. The number of nitrogens with zero attached hydrogens (tertiary/aromatic N) is 3. The quantitative estimate of drug-likeness (QED) is 0.371. The van der Waals surface area contributed by atoms with Crippen LogP contribution in [0.3, 0.4) is 0 Å². The third kappa shape index (κ3) is 7.64. The maximum absolute atomic E-state index is 14.8. The van der Waals surface area contributed by atoms with Gasteiger partial charge in [-0.3, -0.25) is 9.59 Å². The van der Waals surface area contributed by atoms with E-state index in [1.54, 1.807) is 6.92 Å². The number of carbonyl (C=O) groups excluding carboxylic acids is 2. The van der Waals surface area contributed by atoms with Crippen LogP contribution in [0.5, 0.6) is 0 Å². The fourth-order valence-corrected chi connectivity index (χ4v) is 5.16. The van der Waals surface area contributed by atoms with Gasteiger partial charge in [0.05, 0.1) is 5.69 Å². The number of anilines is 1. The number of amides is 2. The van der Waals surface area contributed by atoms with Crippen molar-refractivity contribution in [2.75, 3.05) is 31.5 Å². The SMILES string of the molecule is CCNC(=O)[C@H](Cc1ccccc1)N(Cc1ccc(C)cc1)C(=O)CN(c1ccccc1F)S(=O)(=O)N(C)C. The fourth-order valence-electron chi connectivity index (χ4n) is 4.09. The Morgan fingerprint density at radius 1 is 0.897 bits per heavy atom. The Balaban J connectivity index is 2.08. The van der Waals surface area contributed by atoms with Crippen molar-refractivity contribution in [1.82, 2.24) is 14.5 Å². The van der Waals surface area contributed by atoms with Gasteiger partial charge in [0.25, 0.3) is 0 Å². The molecule has 3 rings (SSSR count). The van der Waals surface area contributed by atoms with Gasteiger partial charge in [0.1, 0.15) is 18.4 Å². The van der Waals surface area contributed by atoms with Gasteiger partial charge in [-0.05, 0) is 37.1 Å². The minimum atomic E-state index is -4.26. The number of halogens is 1. The van der Waals surface area contributed by atoms with E-state index in [0.29, 0.717) is 6.54 Å². The Kier molecular flexibility index (Phi) is 10.2. The molecule has 0 saturated heterocycles. The summed E-state index contributed by atoms with van der Waals surface area (Å²) in [5, 5.41) is 2.81. The molecule has 10 heteroatoms. The molecule has 1 N–H and O–H groups in total. The lowest BCUT2D eigenvalue weighted by atomic mass is 10.0. The van der Waals surface area contributed by atoms with Crippen molar-refractivity contribution in [2.45, 2.75) is 32.9 Å². The van der Waals surface area contributed by atoms with Crippen molar-refractivity contribution < 1.29 is 22.4 Å². The normalized spacial score (nSPS) is 12.2. The van der Waals surface area contributed by atoms with Crippen molar-refractivity contribution in [3.63, 3.8) is 0 Å². The zero-order chi connectivity index (χ0) is 28.6. The summed E-state index contributed by atoms with van der Waals surface area (Å²) in [5.74, 6) is -1.79. The molecule has 0 fully saturated rings. The number of benzene rings is 3. The summed E-state index contributed by atoms with van der Waals surface area (Å²) in [5.41, 5.74) is 2.38. The molecule has 1 atom stereocenters. The van der Waals surface area contributed by atoms with Crippen LogP contribution in [0.25, 0.3) is 0 Å². The topological polar surface area (TPSA) is 90.0 Å². The molecule has 8 nitrogen and oxygen atoms in total. The van der Waals surface area contributed by atoms with Crippen LogP contribution in [0, 0.1) is 12.7 Å². The molecule has 0 aromatic heterocycles. The number of hydrogen-bond donors (Lipinski definition) is 1. The first kappa shape index (κ1) is 29.8. The van der Waals surface area contributed by atoms with Gasteiger partial charge >= 0.3 is 10.2 Å². The number of para-hydroxylation sites is 1. The van der Waals surface area contributed by atoms with Gasteiger partial charge < -0.3 is 10.2 Å². The van der Waals surface area contributed by atoms with Gasteiger partial charge in [-0.25, -0.2) is 8.70 Å². The minimum Gasteiger partial charge on any atom is -0.355 e. The Labute approximate surface area is 230 Å². The smallest absolute Gasteiger partial charge is 0.304 e. The van der Waals surface area contributed by atoms with Crippen molar-refractivity contribution in [2.24, 2.45) is 0 Å². The standard InChI is InChI=1S/C29H35FN4O4S/c1-5-31-29(36)27(19-23-11-7-6-8-12-23)33(20-24-17-15-22(2)16-18-24)28(35)21-34(39(37,38)32(3)4)26-14-10-9-13-25(26)30/h6-18,27H,5,19-21H2,1-4H3,(H,31,36)/t27-/m0/s1. The summed E-state index contributed by atoms with van der Waals surface area (Å²) in [7, 11) is -1.64. The van der Waals surface area contributed by atoms with Crippen LogP contribution in [0.2, 0.25) is 0 Å². The highest BCUT2D eigenvalue weighted by Crippen LogP contribution is 2.24. The molecular weight excluding hydrogens is 519 g/mol. The first-order valence-corrected chi connectivity index (χ1v) is 14.1. The van der Waals surface area contributed by atoms with E-state index in [1.165, 1.54) is 37.2 Å². The molecule has 0 aliphatic heterocycles. The van der Waals surface area contributed by atoms with Gasteiger partial charge in [-0.2, -0.15) is 12.7 Å². The summed E-state index contributed by atoms with van der Waals surface area (Å²) in [6.45, 7) is 3.44. The van der Waals surface area contributed by atoms with E-state index in [1.807, 2.05) is 61.5 Å². The monoisotopic (exact) mass is 554 g/mol. The molecule has 0 spiro atoms. The van der Waals surface area contributed by atoms with Crippen LogP contribution in [-0.2, 0) is 32.8 Å². The van der Waals surface area contributed by atoms with E-state index in [0.717, 1.165) is 31.4 Å². The van der Waals surface area contributed by atoms with E-state index in [2.05, 4.69) is 5.32 Å². The van der Waals surface area contributed by atoms with E-state index >= 15 is 0 Å². The van der Waals surface area contributed by atoms with Crippen LogP contribution in [0.4, 0.5) is 10.1 Å². The summed E-state index contributed by atoms with van der Waals surface area (Å²) < 4.78 is 43.0. The molecule has 0 aliphatic carbocycles. The Bertz CT molecular complexity index is 1370. The van der Waals surface area contributed by atoms with Crippen molar-refractivity contribution in [3.05, 3.63) is 101 Å². The molecule has 3 aromatic carbocycles. The summed E-state index contributed by atoms with van der Waals surface area (Å²) in [6.07, 6.45) is 0.213. The number of aryl methyl sites for hydroxylation is 1. The third-order valence-electron chi connectivity index (χ3n) is 6.24. The van der Waals surface area contributed by atoms with E-state index < -0.39 is 34.5 Å². The van der Waals surface area contributed by atoms with Crippen LogP contribution in [0.15, 0.2) is 78.9 Å². The molecule has 0 unspecified atom stereocenters. The highest BCUT2D eigenvalue weighted by Gasteiger charge is 2.35. The van der Waals surface area contributed by atoms with E-state index in [9.17, 15) is 22.4 Å². The largest absolute Gasteiger partial charge is 0.355 e. The van der Waals surface area contributed by atoms with Crippen molar-refractivity contribution >= 4 is 27.7 Å². The molecule has 0 heterocycles. The van der Waals surface area contributed by atoms with Crippen molar-refractivity contribution in [1.29, 1.82) is 0 Å². The number of hydrogen-bond acceptors (Lipinski definition) is 4. The number of rotatable bonds is 12. The highest BCUT2D eigenvalue weighted by molar-refractivity contribution is 7.90. The zero-order valence-corrected chi connectivity index (χ0v) is 23.5. The van der Waals surface area contributed by atoms with Gasteiger partial charge in [0.15, 0.2) is 0 Å². The van der Waals surface area contributed by atoms with Crippen LogP contribution in [0.1, 0.15) is 23.6 Å². The maximum Gasteiger partial charge on any atom is 0.304 e. The second-order valence-corrected chi connectivity index (χ2v) is 11.4. The van der Waals surface area contributed by atoms with Gasteiger partial charge in [0.2, 0.25) is 11.8 Å². The van der Waals surface area contributed by atoms with Gasteiger partial charge in [-0.15, -0.1) is 0 Å². The Morgan fingerprint density at radius 2 is 1.51 bits per heavy atom. The molecule has 0 radical (unpaired) electrons. The van der Waals surface area contributed by atoms with Crippen LogP contribution >= 0.6 is 0 Å². The fraction of sp³-hybridized carbons (Fsp3) is 0.310. The number of carbonyl (C=O) groups is 2. The average Bonchev–Trinajstić information content (AvgIpc) is 2.91. The second kappa shape index (κ2) is 13.3. The van der Waals surface area contributed by atoms with Gasteiger partial charge in [-0.1, -0.05) is 72.3 Å². The average molecular weight is 555 g/mol. The summed E-state index contributed by atoms with van der Waals surface area (Å²) in [4.78, 5) is 28.7. The first-order chi connectivity index (χ1) is 18.5. The highest BCUT2D eigenvalue weighted by atomic mass is 32.2.